The fraction of sp³-hybridized carbons (Fsp3) is 0.667. The number of hydrogen-bond donors (Lipinski definition) is 3. The number of para-hydroxylation sites is 1. The van der Waals surface area contributed by atoms with Crippen LogP contribution in [0.5, 0.6) is 11.5 Å². The van der Waals surface area contributed by atoms with Crippen LogP contribution in [0.25, 0.3) is 0 Å². The van der Waals surface area contributed by atoms with Gasteiger partial charge in [0, 0.05) is 31.1 Å². The second kappa shape index (κ2) is 14.4. The third kappa shape index (κ3) is 8.01. The Balaban J connectivity index is 0.00000363. The second-order valence-electron chi connectivity index (χ2n) is 8.37. The SMILES string of the molecule is CCNC(=NCc1cccc(OC)c1OC1CCCC1)NCCCNC(=O)C1CCC1.I. The quantitative estimate of drug-likeness (QED) is 0.166. The molecule has 0 aliphatic heterocycles. The highest BCUT2D eigenvalue weighted by atomic mass is 127. The molecule has 0 atom stereocenters. The van der Waals surface area contributed by atoms with E-state index in [1.807, 2.05) is 12.1 Å². The van der Waals surface area contributed by atoms with Crippen molar-refractivity contribution in [2.75, 3.05) is 26.7 Å². The molecule has 2 fully saturated rings. The molecule has 0 spiro atoms. The molecule has 1 aromatic carbocycles. The molecule has 0 bridgehead atoms. The highest BCUT2D eigenvalue weighted by Crippen LogP contribution is 2.35. The van der Waals surface area contributed by atoms with Crippen molar-refractivity contribution in [1.82, 2.24) is 16.0 Å². The number of nitrogens with one attached hydrogen (secondary N) is 3. The smallest absolute Gasteiger partial charge is 0.223 e. The van der Waals surface area contributed by atoms with Crippen molar-refractivity contribution in [3.8, 4) is 11.5 Å². The van der Waals surface area contributed by atoms with Gasteiger partial charge >= 0.3 is 0 Å². The number of nitrogens with zero attached hydrogens (tertiary/aromatic N) is 1. The molecule has 2 aliphatic carbocycles. The van der Waals surface area contributed by atoms with Crippen molar-refractivity contribution in [3.63, 3.8) is 0 Å². The first kappa shape index (κ1) is 26.5. The van der Waals surface area contributed by atoms with E-state index in [0.717, 1.165) is 68.2 Å². The minimum Gasteiger partial charge on any atom is -0.493 e. The van der Waals surface area contributed by atoms with Gasteiger partial charge in [-0.2, -0.15) is 0 Å². The van der Waals surface area contributed by atoms with Gasteiger partial charge in [0.05, 0.1) is 19.8 Å². The topological polar surface area (TPSA) is 84.0 Å². The fourth-order valence-electron chi connectivity index (χ4n) is 3.98. The molecule has 0 saturated heterocycles. The second-order valence-corrected chi connectivity index (χ2v) is 8.37. The summed E-state index contributed by atoms with van der Waals surface area (Å²) in [6, 6.07) is 5.98. The van der Waals surface area contributed by atoms with E-state index in [1.165, 1.54) is 19.3 Å². The summed E-state index contributed by atoms with van der Waals surface area (Å²) in [5.41, 5.74) is 1.02. The van der Waals surface area contributed by atoms with Gasteiger partial charge in [-0.15, -0.1) is 24.0 Å². The first-order chi connectivity index (χ1) is 15.2. The van der Waals surface area contributed by atoms with Gasteiger partial charge in [0.2, 0.25) is 5.91 Å². The molecule has 7 nitrogen and oxygen atoms in total. The van der Waals surface area contributed by atoms with E-state index in [9.17, 15) is 4.79 Å². The van der Waals surface area contributed by atoms with Crippen molar-refractivity contribution >= 4 is 35.8 Å². The lowest BCUT2D eigenvalue weighted by molar-refractivity contribution is -0.127. The molecule has 1 aromatic rings. The highest BCUT2D eigenvalue weighted by Gasteiger charge is 2.24. The Kier molecular flexibility index (Phi) is 12.0. The Morgan fingerprint density at radius 3 is 2.47 bits per heavy atom. The summed E-state index contributed by atoms with van der Waals surface area (Å²) in [5.74, 6) is 2.80. The number of aliphatic imine (C=N–C) groups is 1. The molecule has 32 heavy (non-hydrogen) atoms. The molecule has 3 N–H and O–H groups in total. The van der Waals surface area contributed by atoms with Crippen LogP contribution in [-0.4, -0.2) is 44.7 Å². The summed E-state index contributed by atoms with van der Waals surface area (Å²) in [7, 11) is 1.68. The number of halogens is 1. The standard InChI is InChI=1S/C24H38N4O3.HI/c1-3-25-24(27-16-8-15-26-23(29)18-9-6-10-18)28-17-19-11-7-14-21(30-2)22(19)31-20-12-4-5-13-20;/h7,11,14,18,20H,3-6,8-10,12-13,15-17H2,1-2H3,(H,26,29)(H2,25,27,28);1H. The van der Waals surface area contributed by atoms with E-state index in [2.05, 4.69) is 28.9 Å². The van der Waals surface area contributed by atoms with Gasteiger partial charge in [0.25, 0.3) is 0 Å². The normalized spacial score (nSPS) is 16.6. The maximum atomic E-state index is 11.9. The number of methoxy groups -OCH3 is 1. The summed E-state index contributed by atoms with van der Waals surface area (Å²) < 4.78 is 11.9. The lowest BCUT2D eigenvalue weighted by Gasteiger charge is -2.24. The van der Waals surface area contributed by atoms with Crippen LogP contribution in [0, 0.1) is 5.92 Å². The average Bonchev–Trinajstić information content (AvgIpc) is 3.24. The zero-order chi connectivity index (χ0) is 21.9. The zero-order valence-electron chi connectivity index (χ0n) is 19.5. The summed E-state index contributed by atoms with van der Waals surface area (Å²) in [5, 5.41) is 9.68. The lowest BCUT2D eigenvalue weighted by Crippen LogP contribution is -2.39. The Morgan fingerprint density at radius 2 is 1.81 bits per heavy atom. The Bertz CT molecular complexity index is 734. The summed E-state index contributed by atoms with van der Waals surface area (Å²) in [6.07, 6.45) is 9.04. The molecule has 2 saturated carbocycles. The number of guanidine groups is 1. The molecule has 180 valence electrons. The number of amides is 1. The van der Waals surface area contributed by atoms with E-state index in [-0.39, 0.29) is 41.9 Å². The lowest BCUT2D eigenvalue weighted by atomic mass is 9.85. The van der Waals surface area contributed by atoms with Crippen LogP contribution >= 0.6 is 24.0 Å². The Morgan fingerprint density at radius 1 is 1.06 bits per heavy atom. The largest absolute Gasteiger partial charge is 0.493 e. The number of hydrogen-bond acceptors (Lipinski definition) is 4. The van der Waals surface area contributed by atoms with Gasteiger partial charge in [0.15, 0.2) is 17.5 Å². The average molecular weight is 559 g/mol. The Hall–Kier alpha value is -1.71. The van der Waals surface area contributed by atoms with Gasteiger partial charge in [-0.05, 0) is 57.9 Å². The van der Waals surface area contributed by atoms with E-state index < -0.39 is 0 Å². The minimum atomic E-state index is 0. The van der Waals surface area contributed by atoms with Crippen molar-refractivity contribution in [3.05, 3.63) is 23.8 Å². The third-order valence-electron chi connectivity index (χ3n) is 6.04. The Labute approximate surface area is 209 Å². The fourth-order valence-corrected chi connectivity index (χ4v) is 3.98. The van der Waals surface area contributed by atoms with Crippen LogP contribution in [0.15, 0.2) is 23.2 Å². The van der Waals surface area contributed by atoms with Crippen molar-refractivity contribution in [1.29, 1.82) is 0 Å². The van der Waals surface area contributed by atoms with Crippen LogP contribution in [-0.2, 0) is 11.3 Å². The first-order valence-corrected chi connectivity index (χ1v) is 11.8. The number of benzene rings is 1. The molecular formula is C24H39IN4O3. The maximum absolute atomic E-state index is 11.9. The van der Waals surface area contributed by atoms with Gasteiger partial charge in [0.1, 0.15) is 0 Å². The zero-order valence-corrected chi connectivity index (χ0v) is 21.8. The minimum absolute atomic E-state index is 0. The molecule has 0 heterocycles. The molecular weight excluding hydrogens is 519 g/mol. The van der Waals surface area contributed by atoms with Crippen LogP contribution < -0.4 is 25.4 Å². The third-order valence-corrected chi connectivity index (χ3v) is 6.04. The van der Waals surface area contributed by atoms with Crippen LogP contribution in [0.4, 0.5) is 0 Å². The monoisotopic (exact) mass is 558 g/mol. The van der Waals surface area contributed by atoms with E-state index in [4.69, 9.17) is 14.5 Å². The van der Waals surface area contributed by atoms with Gasteiger partial charge in [-0.1, -0.05) is 18.6 Å². The maximum Gasteiger partial charge on any atom is 0.223 e. The summed E-state index contributed by atoms with van der Waals surface area (Å²) >= 11 is 0. The van der Waals surface area contributed by atoms with Gasteiger partial charge in [-0.3, -0.25) is 4.79 Å². The highest BCUT2D eigenvalue weighted by molar-refractivity contribution is 14.0. The van der Waals surface area contributed by atoms with Crippen LogP contribution in [0.2, 0.25) is 0 Å². The number of carbonyl (C=O) groups is 1. The number of ether oxygens (including phenoxy) is 2. The van der Waals surface area contributed by atoms with Crippen LogP contribution in [0.1, 0.15) is 63.9 Å². The summed E-state index contributed by atoms with van der Waals surface area (Å²) in [4.78, 5) is 16.7. The molecule has 8 heteroatoms. The van der Waals surface area contributed by atoms with Crippen molar-refractivity contribution in [2.45, 2.75) is 70.9 Å². The van der Waals surface area contributed by atoms with E-state index in [1.54, 1.807) is 7.11 Å². The van der Waals surface area contributed by atoms with Crippen molar-refractivity contribution in [2.24, 2.45) is 10.9 Å². The number of carbonyl (C=O) groups excluding carboxylic acids is 1. The molecule has 1 amide bonds. The predicted octanol–water partition coefficient (Wildman–Crippen LogP) is 4.00. The first-order valence-electron chi connectivity index (χ1n) is 11.8. The molecule has 0 unspecified atom stereocenters. The molecule has 2 aliphatic rings. The summed E-state index contributed by atoms with van der Waals surface area (Å²) in [6.45, 7) is 4.79. The molecule has 3 rings (SSSR count). The van der Waals surface area contributed by atoms with Crippen molar-refractivity contribution < 1.29 is 14.3 Å². The van der Waals surface area contributed by atoms with Gasteiger partial charge < -0.3 is 25.4 Å². The van der Waals surface area contributed by atoms with E-state index >= 15 is 0 Å². The predicted molar refractivity (Wildman–Crippen MR) is 139 cm³/mol. The molecule has 0 radical (unpaired) electrons. The van der Waals surface area contributed by atoms with Crippen LogP contribution in [0.3, 0.4) is 0 Å². The number of rotatable bonds is 11. The molecule has 0 aromatic heterocycles. The van der Waals surface area contributed by atoms with E-state index in [0.29, 0.717) is 13.1 Å². The van der Waals surface area contributed by atoms with Gasteiger partial charge in [-0.25, -0.2) is 4.99 Å².